The molecule has 1 aliphatic carbocycles. The second kappa shape index (κ2) is 10.3. The van der Waals surface area contributed by atoms with Crippen LogP contribution in [0.1, 0.15) is 57.5 Å². The van der Waals surface area contributed by atoms with Gasteiger partial charge >= 0.3 is 0 Å². The second-order valence-electron chi connectivity index (χ2n) is 10.4. The number of aromatic amines is 1. The third-order valence-corrected chi connectivity index (χ3v) is 8.06. The number of rotatable bonds is 6. The van der Waals surface area contributed by atoms with Crippen molar-refractivity contribution >= 4 is 28.7 Å². The van der Waals surface area contributed by atoms with Crippen LogP contribution in [0.5, 0.6) is 0 Å². The van der Waals surface area contributed by atoms with Crippen LogP contribution < -0.4 is 15.5 Å². The largest absolute Gasteiger partial charge is 0.353 e. The number of piperidine rings is 1. The van der Waals surface area contributed by atoms with Crippen LogP contribution in [0, 0.1) is 12.8 Å². The van der Waals surface area contributed by atoms with Crippen LogP contribution in [0.3, 0.4) is 0 Å². The Bertz CT molecular complexity index is 1450. The van der Waals surface area contributed by atoms with Crippen molar-refractivity contribution in [1.29, 1.82) is 0 Å². The number of nitrogens with zero attached hydrogens (tertiary/aromatic N) is 3. The van der Waals surface area contributed by atoms with Crippen molar-refractivity contribution in [3.63, 3.8) is 0 Å². The van der Waals surface area contributed by atoms with Crippen LogP contribution in [0.4, 0.5) is 5.82 Å². The van der Waals surface area contributed by atoms with Gasteiger partial charge in [-0.2, -0.15) is 0 Å². The predicted octanol–water partition coefficient (Wildman–Crippen LogP) is 4.37. The molecule has 6 rings (SSSR count). The Balaban J connectivity index is 1.10. The molecule has 4 aromatic rings. The van der Waals surface area contributed by atoms with E-state index in [9.17, 15) is 9.59 Å². The van der Waals surface area contributed by atoms with Crippen molar-refractivity contribution in [2.75, 3.05) is 11.4 Å². The molecule has 2 aromatic carbocycles. The van der Waals surface area contributed by atoms with Crippen LogP contribution in [-0.2, 0) is 6.54 Å². The Morgan fingerprint density at radius 2 is 1.89 bits per heavy atom. The zero-order valence-corrected chi connectivity index (χ0v) is 21.5. The van der Waals surface area contributed by atoms with Crippen molar-refractivity contribution in [3.8, 4) is 0 Å². The molecule has 2 aliphatic rings. The summed E-state index contributed by atoms with van der Waals surface area (Å²) in [7, 11) is 0. The molecule has 3 heterocycles. The third kappa shape index (κ3) is 4.74. The Labute approximate surface area is 221 Å². The number of amides is 2. The molecular weight excluding hydrogens is 476 g/mol. The maximum atomic E-state index is 13.2. The molecule has 0 spiro atoms. The minimum Gasteiger partial charge on any atom is -0.353 e. The highest BCUT2D eigenvalue weighted by molar-refractivity contribution is 6.00. The third-order valence-electron chi connectivity index (χ3n) is 8.06. The first-order chi connectivity index (χ1) is 18.6. The number of benzene rings is 2. The first-order valence-corrected chi connectivity index (χ1v) is 13.3. The van der Waals surface area contributed by atoms with Gasteiger partial charge in [0.15, 0.2) is 0 Å². The predicted molar refractivity (Wildman–Crippen MR) is 147 cm³/mol. The number of carbonyl (C=O) groups is 2. The van der Waals surface area contributed by atoms with Gasteiger partial charge in [0.1, 0.15) is 5.82 Å². The molecule has 1 saturated heterocycles. The average Bonchev–Trinajstić information content (AvgIpc) is 3.59. The molecule has 0 bridgehead atoms. The summed E-state index contributed by atoms with van der Waals surface area (Å²) in [4.78, 5) is 40.3. The zero-order valence-electron chi connectivity index (χ0n) is 21.5. The minimum absolute atomic E-state index is 0.0356. The maximum absolute atomic E-state index is 13.2. The summed E-state index contributed by atoms with van der Waals surface area (Å²) in [5.74, 6) is 1.24. The molecule has 1 saturated carbocycles. The molecule has 8 heteroatoms. The molecule has 2 aromatic heterocycles. The van der Waals surface area contributed by atoms with E-state index < -0.39 is 0 Å². The van der Waals surface area contributed by atoms with E-state index in [4.69, 9.17) is 0 Å². The lowest BCUT2D eigenvalue weighted by Gasteiger charge is -2.38. The van der Waals surface area contributed by atoms with Crippen LogP contribution in [-0.4, -0.2) is 45.4 Å². The molecule has 3 unspecified atom stereocenters. The first-order valence-electron chi connectivity index (χ1n) is 13.3. The fraction of sp³-hybridized carbons (Fsp3) is 0.333. The number of H-pyrrole nitrogens is 1. The number of pyridine rings is 1. The smallest absolute Gasteiger partial charge is 0.253 e. The lowest BCUT2D eigenvalue weighted by molar-refractivity contribution is 0.0932. The molecule has 8 nitrogen and oxygen atoms in total. The molecular formula is C30H32N6O2. The quantitative estimate of drug-likeness (QED) is 0.359. The summed E-state index contributed by atoms with van der Waals surface area (Å²) in [5.41, 5.74) is 4.97. The highest BCUT2D eigenvalue weighted by Crippen LogP contribution is 2.39. The van der Waals surface area contributed by atoms with Crippen molar-refractivity contribution in [2.45, 2.75) is 51.2 Å². The number of anilines is 1. The SMILES string of the molecule is Cc1c(C(=O)NC2CC3CCCN(c4ccc(C(=O)NCc5ccccc5)cn4)C3C2)ccc2[nH]cnc12. The number of fused-ring (bicyclic) bond motifs is 2. The Morgan fingerprint density at radius 1 is 1.03 bits per heavy atom. The number of hydrogen-bond donors (Lipinski definition) is 3. The van der Waals surface area contributed by atoms with Gasteiger partial charge in [-0.05, 0) is 73.9 Å². The summed E-state index contributed by atoms with van der Waals surface area (Å²) >= 11 is 0. The van der Waals surface area contributed by atoms with Crippen LogP contribution in [0.2, 0.25) is 0 Å². The number of aromatic nitrogens is 3. The van der Waals surface area contributed by atoms with Crippen molar-refractivity contribution in [1.82, 2.24) is 25.6 Å². The van der Waals surface area contributed by atoms with Gasteiger partial charge in [-0.15, -0.1) is 0 Å². The molecule has 0 radical (unpaired) electrons. The molecule has 194 valence electrons. The highest BCUT2D eigenvalue weighted by Gasteiger charge is 2.41. The molecule has 3 N–H and O–H groups in total. The molecule has 2 amide bonds. The average molecular weight is 509 g/mol. The standard InChI is InChI=1S/C30H32N6O2/c1-19-24(10-11-25-28(19)34-18-33-25)30(38)35-23-14-21-8-5-13-36(26(21)15-23)27-12-9-22(17-31-27)29(37)32-16-20-6-3-2-4-7-20/h2-4,6-7,9-12,17-18,21,23,26H,5,8,13-16H2,1H3,(H,32,37)(H,33,34)(H,35,38). The topological polar surface area (TPSA) is 103 Å². The Kier molecular flexibility index (Phi) is 6.54. The number of carbonyl (C=O) groups excluding carboxylic acids is 2. The molecule has 38 heavy (non-hydrogen) atoms. The Morgan fingerprint density at radius 3 is 2.71 bits per heavy atom. The lowest BCUT2D eigenvalue weighted by atomic mass is 9.92. The summed E-state index contributed by atoms with van der Waals surface area (Å²) in [5, 5.41) is 6.26. The molecule has 3 atom stereocenters. The minimum atomic E-state index is -0.128. The van der Waals surface area contributed by atoms with Gasteiger partial charge in [0.05, 0.1) is 22.9 Å². The van der Waals surface area contributed by atoms with Gasteiger partial charge in [0.25, 0.3) is 11.8 Å². The van der Waals surface area contributed by atoms with Gasteiger partial charge in [-0.25, -0.2) is 9.97 Å². The van der Waals surface area contributed by atoms with E-state index in [2.05, 4.69) is 30.5 Å². The van der Waals surface area contributed by atoms with E-state index in [1.165, 1.54) is 0 Å². The van der Waals surface area contributed by atoms with Gasteiger partial charge in [0.2, 0.25) is 0 Å². The fourth-order valence-corrected chi connectivity index (χ4v) is 6.12. The van der Waals surface area contributed by atoms with Crippen LogP contribution >= 0.6 is 0 Å². The van der Waals surface area contributed by atoms with E-state index in [-0.39, 0.29) is 17.9 Å². The Hall–Kier alpha value is -4.20. The van der Waals surface area contributed by atoms with Crippen molar-refractivity contribution in [2.24, 2.45) is 5.92 Å². The number of imidazole rings is 1. The number of nitrogens with one attached hydrogen (secondary N) is 3. The van der Waals surface area contributed by atoms with Crippen LogP contribution in [0.25, 0.3) is 11.0 Å². The van der Waals surface area contributed by atoms with Crippen LogP contribution in [0.15, 0.2) is 67.1 Å². The number of aryl methyl sites for hydroxylation is 1. The fourth-order valence-electron chi connectivity index (χ4n) is 6.12. The van der Waals surface area contributed by atoms with Gasteiger partial charge < -0.3 is 20.5 Å². The normalized spacial score (nSPS) is 20.8. The van der Waals surface area contributed by atoms with E-state index in [0.717, 1.165) is 60.2 Å². The monoisotopic (exact) mass is 508 g/mol. The van der Waals surface area contributed by atoms with E-state index >= 15 is 0 Å². The zero-order chi connectivity index (χ0) is 26.1. The highest BCUT2D eigenvalue weighted by atomic mass is 16.2. The summed E-state index contributed by atoms with van der Waals surface area (Å²) in [6.07, 6.45) is 7.44. The maximum Gasteiger partial charge on any atom is 0.253 e. The summed E-state index contributed by atoms with van der Waals surface area (Å²) in [6, 6.07) is 17.9. The summed E-state index contributed by atoms with van der Waals surface area (Å²) < 4.78 is 0. The van der Waals surface area contributed by atoms with Gasteiger partial charge in [-0.1, -0.05) is 30.3 Å². The van der Waals surface area contributed by atoms with E-state index in [0.29, 0.717) is 29.6 Å². The summed E-state index contributed by atoms with van der Waals surface area (Å²) in [6.45, 7) is 3.37. The van der Waals surface area contributed by atoms with Crippen molar-refractivity contribution in [3.05, 3.63) is 89.4 Å². The van der Waals surface area contributed by atoms with Gasteiger partial charge in [-0.3, -0.25) is 9.59 Å². The molecule has 1 aliphatic heterocycles. The van der Waals surface area contributed by atoms with E-state index in [1.807, 2.05) is 61.5 Å². The lowest BCUT2D eigenvalue weighted by Crippen LogP contribution is -2.43. The van der Waals surface area contributed by atoms with Crippen molar-refractivity contribution < 1.29 is 9.59 Å². The van der Waals surface area contributed by atoms with Gasteiger partial charge in [0, 0.05) is 36.9 Å². The first kappa shape index (κ1) is 24.2. The molecule has 2 fully saturated rings. The van der Waals surface area contributed by atoms with E-state index in [1.54, 1.807) is 12.5 Å². The number of hydrogen-bond acceptors (Lipinski definition) is 5. The second-order valence-corrected chi connectivity index (χ2v) is 10.4.